The van der Waals surface area contributed by atoms with Gasteiger partial charge in [0.1, 0.15) is 4.60 Å². The molecule has 0 bridgehead atoms. The molecule has 2 rings (SSSR count). The first-order valence-corrected chi connectivity index (χ1v) is 6.41. The second kappa shape index (κ2) is 5.12. The maximum atomic E-state index is 11.2. The van der Waals surface area contributed by atoms with Crippen LogP contribution in [0.25, 0.3) is 0 Å². The first kappa shape index (κ1) is 13.1. The first-order valence-electron chi connectivity index (χ1n) is 5.24. The highest BCUT2D eigenvalue weighted by atomic mass is 79.9. The van der Waals surface area contributed by atoms with E-state index in [9.17, 15) is 9.90 Å². The van der Waals surface area contributed by atoms with Crippen LogP contribution in [0.5, 0.6) is 0 Å². The van der Waals surface area contributed by atoms with Crippen LogP contribution in [0.15, 0.2) is 34.9 Å². The van der Waals surface area contributed by atoms with E-state index >= 15 is 0 Å². The Hall–Kier alpha value is -1.33. The molecule has 0 aliphatic rings. The molecule has 6 heteroatoms. The van der Waals surface area contributed by atoms with Gasteiger partial charge >= 0.3 is 5.97 Å². The molecule has 1 heterocycles. The van der Waals surface area contributed by atoms with E-state index in [0.717, 1.165) is 5.56 Å². The Morgan fingerprint density at radius 2 is 2.06 bits per heavy atom. The van der Waals surface area contributed by atoms with Crippen molar-refractivity contribution >= 4 is 33.5 Å². The molecule has 0 aliphatic heterocycles. The summed E-state index contributed by atoms with van der Waals surface area (Å²) in [4.78, 5) is 15.2. The van der Waals surface area contributed by atoms with Crippen molar-refractivity contribution in [1.29, 1.82) is 0 Å². The van der Waals surface area contributed by atoms with Crippen LogP contribution in [-0.2, 0) is 0 Å². The standard InChI is InChI=1S/C12H10BrClN2O2/c1-7(8-5-3-2-4-6-8)16-9(11(17)18)10(13)15-12(16)14/h2-7H,1H3,(H,17,18)/t7-/m1/s1. The molecular weight excluding hydrogens is 320 g/mol. The van der Waals surface area contributed by atoms with E-state index < -0.39 is 5.97 Å². The SMILES string of the molecule is C[C@H](c1ccccc1)n1c(Cl)nc(Br)c1C(=O)O. The Morgan fingerprint density at radius 3 is 2.61 bits per heavy atom. The number of hydrogen-bond acceptors (Lipinski definition) is 2. The van der Waals surface area contributed by atoms with Crippen molar-refractivity contribution in [3.8, 4) is 0 Å². The monoisotopic (exact) mass is 328 g/mol. The largest absolute Gasteiger partial charge is 0.476 e. The lowest BCUT2D eigenvalue weighted by atomic mass is 10.1. The van der Waals surface area contributed by atoms with Gasteiger partial charge in [-0.3, -0.25) is 0 Å². The molecule has 2 aromatic rings. The number of aromatic carboxylic acids is 1. The van der Waals surface area contributed by atoms with E-state index in [-0.39, 0.29) is 21.6 Å². The Bertz CT molecular complexity index is 583. The van der Waals surface area contributed by atoms with Crippen LogP contribution in [0.4, 0.5) is 0 Å². The number of nitrogens with zero attached hydrogens (tertiary/aromatic N) is 2. The second-order valence-corrected chi connectivity index (χ2v) is 4.87. The number of hydrogen-bond donors (Lipinski definition) is 1. The predicted octanol–water partition coefficient (Wildman–Crippen LogP) is 3.61. The minimum Gasteiger partial charge on any atom is -0.476 e. The van der Waals surface area contributed by atoms with Gasteiger partial charge in [0.05, 0.1) is 6.04 Å². The zero-order chi connectivity index (χ0) is 13.3. The number of halogens is 2. The Morgan fingerprint density at radius 1 is 1.44 bits per heavy atom. The highest BCUT2D eigenvalue weighted by molar-refractivity contribution is 9.10. The van der Waals surface area contributed by atoms with Crippen LogP contribution in [0.3, 0.4) is 0 Å². The number of carboxylic acid groups (broad SMARTS) is 1. The quantitative estimate of drug-likeness (QED) is 0.936. The summed E-state index contributed by atoms with van der Waals surface area (Å²) in [5.41, 5.74) is 1.02. The molecule has 0 amide bonds. The summed E-state index contributed by atoms with van der Waals surface area (Å²) in [5, 5.41) is 9.35. The third-order valence-corrected chi connectivity index (χ3v) is 3.52. The molecule has 0 saturated carbocycles. The Kier molecular flexibility index (Phi) is 3.73. The Labute approximate surface area is 117 Å². The van der Waals surface area contributed by atoms with E-state index in [2.05, 4.69) is 20.9 Å². The molecule has 0 spiro atoms. The lowest BCUT2D eigenvalue weighted by Crippen LogP contribution is -2.14. The molecule has 1 atom stereocenters. The van der Waals surface area contributed by atoms with Crippen molar-refractivity contribution in [2.24, 2.45) is 0 Å². The summed E-state index contributed by atoms with van der Waals surface area (Å²) in [6.45, 7) is 1.88. The first-order chi connectivity index (χ1) is 8.52. The van der Waals surface area contributed by atoms with Gasteiger partial charge in [-0.25, -0.2) is 9.78 Å². The molecule has 1 N–H and O–H groups in total. The number of carbonyl (C=O) groups is 1. The van der Waals surface area contributed by atoms with Crippen LogP contribution >= 0.6 is 27.5 Å². The summed E-state index contributed by atoms with van der Waals surface area (Å²) in [6.07, 6.45) is 0. The van der Waals surface area contributed by atoms with E-state index in [4.69, 9.17) is 11.6 Å². The maximum Gasteiger partial charge on any atom is 0.355 e. The average molecular weight is 330 g/mol. The average Bonchev–Trinajstić information content (AvgIpc) is 2.64. The van der Waals surface area contributed by atoms with Crippen LogP contribution < -0.4 is 0 Å². The van der Waals surface area contributed by atoms with Crippen molar-refractivity contribution in [2.75, 3.05) is 0 Å². The minimum atomic E-state index is -1.07. The van der Waals surface area contributed by atoms with Gasteiger partial charge in [-0.2, -0.15) is 0 Å². The van der Waals surface area contributed by atoms with Crippen molar-refractivity contribution in [3.63, 3.8) is 0 Å². The van der Waals surface area contributed by atoms with Gasteiger partial charge in [0.15, 0.2) is 5.69 Å². The Balaban J connectivity index is 2.55. The normalized spacial score (nSPS) is 12.4. The second-order valence-electron chi connectivity index (χ2n) is 3.78. The molecule has 94 valence electrons. The predicted molar refractivity (Wildman–Crippen MR) is 72.2 cm³/mol. The fraction of sp³-hybridized carbons (Fsp3) is 0.167. The third-order valence-electron chi connectivity index (χ3n) is 2.70. The molecule has 1 aromatic heterocycles. The minimum absolute atomic E-state index is 0.0522. The van der Waals surface area contributed by atoms with Crippen LogP contribution in [0, 0.1) is 0 Å². The van der Waals surface area contributed by atoms with E-state index in [1.54, 1.807) is 0 Å². The molecule has 0 saturated heterocycles. The third kappa shape index (κ3) is 2.28. The highest BCUT2D eigenvalue weighted by Gasteiger charge is 2.24. The number of imidazole rings is 1. The van der Waals surface area contributed by atoms with Crippen molar-refractivity contribution in [3.05, 3.63) is 51.5 Å². The summed E-state index contributed by atoms with van der Waals surface area (Å²) in [7, 11) is 0. The molecule has 1 aromatic carbocycles. The summed E-state index contributed by atoms with van der Waals surface area (Å²) in [5.74, 6) is -1.07. The molecule has 0 radical (unpaired) electrons. The van der Waals surface area contributed by atoms with E-state index in [0.29, 0.717) is 0 Å². The van der Waals surface area contributed by atoms with Gasteiger partial charge in [-0.15, -0.1) is 0 Å². The van der Waals surface area contributed by atoms with Gasteiger partial charge in [0, 0.05) is 0 Å². The van der Waals surface area contributed by atoms with Crippen LogP contribution in [0.2, 0.25) is 5.28 Å². The van der Waals surface area contributed by atoms with Gasteiger partial charge in [0.2, 0.25) is 5.28 Å². The molecule has 0 unspecified atom stereocenters. The molecule has 0 aliphatic carbocycles. The zero-order valence-corrected chi connectivity index (χ0v) is 11.8. The van der Waals surface area contributed by atoms with Crippen molar-refractivity contribution in [2.45, 2.75) is 13.0 Å². The van der Waals surface area contributed by atoms with Gasteiger partial charge in [-0.1, -0.05) is 30.3 Å². The van der Waals surface area contributed by atoms with Crippen LogP contribution in [0.1, 0.15) is 29.0 Å². The summed E-state index contributed by atoms with van der Waals surface area (Å²) in [6, 6.07) is 9.32. The number of benzene rings is 1. The van der Waals surface area contributed by atoms with Crippen molar-refractivity contribution < 1.29 is 9.90 Å². The molecule has 18 heavy (non-hydrogen) atoms. The lowest BCUT2D eigenvalue weighted by Gasteiger charge is -2.16. The van der Waals surface area contributed by atoms with Gasteiger partial charge < -0.3 is 9.67 Å². The fourth-order valence-corrected chi connectivity index (χ4v) is 2.75. The van der Waals surface area contributed by atoms with Crippen LogP contribution in [-0.4, -0.2) is 20.6 Å². The maximum absolute atomic E-state index is 11.2. The number of aromatic nitrogens is 2. The molecular formula is C12H10BrClN2O2. The topological polar surface area (TPSA) is 55.1 Å². The highest BCUT2D eigenvalue weighted by Crippen LogP contribution is 2.29. The molecule has 4 nitrogen and oxygen atoms in total. The van der Waals surface area contributed by atoms with Gasteiger partial charge in [-0.05, 0) is 40.0 Å². The van der Waals surface area contributed by atoms with Gasteiger partial charge in [0.25, 0.3) is 0 Å². The summed E-state index contributed by atoms with van der Waals surface area (Å²) < 4.78 is 1.73. The lowest BCUT2D eigenvalue weighted by molar-refractivity contribution is 0.0683. The van der Waals surface area contributed by atoms with E-state index in [1.807, 2.05) is 37.3 Å². The number of rotatable bonds is 3. The fourth-order valence-electron chi connectivity index (χ4n) is 1.80. The number of carboxylic acids is 1. The van der Waals surface area contributed by atoms with E-state index in [1.165, 1.54) is 4.57 Å². The van der Waals surface area contributed by atoms with Crippen molar-refractivity contribution in [1.82, 2.24) is 9.55 Å². The smallest absolute Gasteiger partial charge is 0.355 e. The summed E-state index contributed by atoms with van der Waals surface area (Å²) >= 11 is 9.11. The molecule has 0 fully saturated rings. The zero-order valence-electron chi connectivity index (χ0n) is 9.47.